The number of aryl methyl sites for hydroxylation is 3. The Balaban J connectivity index is 0.000000207. The van der Waals surface area contributed by atoms with Gasteiger partial charge < -0.3 is 38.6 Å². The zero-order valence-electron chi connectivity index (χ0n) is 51.7. The summed E-state index contributed by atoms with van der Waals surface area (Å²) < 4.78 is 144. The van der Waals surface area contributed by atoms with Gasteiger partial charge in [0.2, 0.25) is 11.8 Å². The van der Waals surface area contributed by atoms with Gasteiger partial charge in [-0.25, -0.2) is 8.78 Å². The van der Waals surface area contributed by atoms with Gasteiger partial charge in [0, 0.05) is 37.1 Å². The summed E-state index contributed by atoms with van der Waals surface area (Å²) >= 11 is 0. The average Bonchev–Trinajstić information content (AvgIpc) is 1.13. The Kier molecular flexibility index (Phi) is 25.2. The van der Waals surface area contributed by atoms with E-state index in [0.717, 1.165) is 16.7 Å². The van der Waals surface area contributed by atoms with E-state index in [-0.39, 0.29) is 75.7 Å². The van der Waals surface area contributed by atoms with Gasteiger partial charge in [-0.15, -0.1) is 0 Å². The van der Waals surface area contributed by atoms with E-state index in [1.807, 2.05) is 45.0 Å². The highest BCUT2D eigenvalue weighted by molar-refractivity contribution is 7.87. The number of methoxy groups -OCH3 is 2. The first-order valence-corrected chi connectivity index (χ1v) is 32.7. The Morgan fingerprint density at radius 1 is 0.409 bits per heavy atom. The summed E-state index contributed by atoms with van der Waals surface area (Å²) in [6.45, 7) is 7.13. The van der Waals surface area contributed by atoms with E-state index >= 15 is 0 Å². The first-order chi connectivity index (χ1) is 44.3. The van der Waals surface area contributed by atoms with Gasteiger partial charge in [-0.1, -0.05) is 89.5 Å². The first kappa shape index (κ1) is 70.8. The molecule has 0 atom stereocenters. The van der Waals surface area contributed by atoms with Crippen molar-refractivity contribution in [3.05, 3.63) is 246 Å². The number of hydrogen-bond acceptors (Lipinski definition) is 17. The predicted octanol–water partition coefficient (Wildman–Crippen LogP) is 13.6. The Morgan fingerprint density at radius 3 is 1.13 bits per heavy atom. The van der Waals surface area contributed by atoms with Gasteiger partial charge in [0.25, 0.3) is 30.4 Å². The van der Waals surface area contributed by atoms with E-state index in [2.05, 4.69) is 0 Å². The highest BCUT2D eigenvalue weighted by Crippen LogP contribution is 2.38. The van der Waals surface area contributed by atoms with Crippen molar-refractivity contribution in [2.75, 3.05) is 50.4 Å². The van der Waals surface area contributed by atoms with Crippen LogP contribution in [0.2, 0.25) is 0 Å². The Morgan fingerprint density at radius 2 is 0.753 bits per heavy atom. The molecule has 488 valence electrons. The average molecular weight is 1330 g/mol. The molecule has 0 aromatic heterocycles. The third-order valence-corrected chi connectivity index (χ3v) is 17.4. The second kappa shape index (κ2) is 33.1. The fourth-order valence-corrected chi connectivity index (χ4v) is 11.2. The van der Waals surface area contributed by atoms with E-state index in [1.54, 1.807) is 103 Å². The van der Waals surface area contributed by atoms with Crippen LogP contribution in [0.15, 0.2) is 221 Å². The molecule has 0 saturated heterocycles. The molecule has 0 fully saturated rings. The molecule has 0 heterocycles. The molecule has 9 aromatic carbocycles. The van der Waals surface area contributed by atoms with Crippen LogP contribution in [0.4, 0.5) is 20.2 Å². The number of rotatable bonds is 25. The van der Waals surface area contributed by atoms with Gasteiger partial charge in [-0.2, -0.15) is 25.3 Å². The van der Waals surface area contributed by atoms with Crippen molar-refractivity contribution in [2.45, 2.75) is 62.4 Å². The highest BCUT2D eigenvalue weighted by atomic mass is 32.2. The molecule has 93 heavy (non-hydrogen) atoms. The maximum atomic E-state index is 14.4. The summed E-state index contributed by atoms with van der Waals surface area (Å²) in [5.74, 6) is 1.38. The van der Waals surface area contributed by atoms with Crippen molar-refractivity contribution in [3.63, 3.8) is 0 Å². The molecule has 19 nitrogen and oxygen atoms in total. The van der Waals surface area contributed by atoms with Gasteiger partial charge in [-0.05, 0) is 142 Å². The van der Waals surface area contributed by atoms with Gasteiger partial charge in [0.1, 0.15) is 59.3 Å². The topological polar surface area (TPSA) is 237 Å². The summed E-state index contributed by atoms with van der Waals surface area (Å²) in [6, 6.07) is 54.2. The Hall–Kier alpha value is -9.69. The first-order valence-electron chi connectivity index (χ1n) is 28.5. The predicted molar refractivity (Wildman–Crippen MR) is 346 cm³/mol. The van der Waals surface area contributed by atoms with Gasteiger partial charge in [0.15, 0.2) is 11.5 Å². The summed E-state index contributed by atoms with van der Waals surface area (Å²) in [7, 11) is -8.82. The molecule has 0 saturated carbocycles. The number of anilines is 2. The second-order valence-electron chi connectivity index (χ2n) is 20.3. The number of phenols is 1. The number of carbonyl (C=O) groups is 2. The lowest BCUT2D eigenvalue weighted by atomic mass is 10.1. The van der Waals surface area contributed by atoms with E-state index in [9.17, 15) is 48.7 Å². The van der Waals surface area contributed by atoms with E-state index in [0.29, 0.717) is 45.6 Å². The summed E-state index contributed by atoms with van der Waals surface area (Å²) in [4.78, 5) is 28.0. The van der Waals surface area contributed by atoms with Gasteiger partial charge >= 0.3 is 0 Å². The maximum absolute atomic E-state index is 14.4. The van der Waals surface area contributed by atoms with Crippen LogP contribution in [0.5, 0.6) is 46.0 Å². The minimum Gasteiger partial charge on any atom is -0.508 e. The third kappa shape index (κ3) is 20.9. The number of para-hydroxylation sites is 2. The lowest BCUT2D eigenvalue weighted by Crippen LogP contribution is -2.28. The number of halogens is 2. The zero-order chi connectivity index (χ0) is 67.3. The molecular formula is C69H68F2N2O17S3. The monoisotopic (exact) mass is 1330 g/mol. The minimum atomic E-state index is -3.96. The Labute approximate surface area is 540 Å². The number of benzene rings is 9. The number of hydrogen-bond donors (Lipinski definition) is 1. The molecule has 0 bridgehead atoms. The Bertz CT molecular complexity index is 4240. The van der Waals surface area contributed by atoms with Crippen molar-refractivity contribution < 1.29 is 85.0 Å². The van der Waals surface area contributed by atoms with Crippen LogP contribution in [0, 0.1) is 32.4 Å². The van der Waals surface area contributed by atoms with Crippen molar-refractivity contribution in [1.82, 2.24) is 0 Å². The molecule has 9 aromatic rings. The number of aromatic hydroxyl groups is 1. The minimum absolute atomic E-state index is 0.00832. The molecule has 1 N–H and O–H groups in total. The van der Waals surface area contributed by atoms with E-state index in [4.69, 9.17) is 36.2 Å². The van der Waals surface area contributed by atoms with Gasteiger partial charge in [0.05, 0.1) is 66.6 Å². The molecule has 0 radical (unpaired) electrons. The molecule has 0 spiro atoms. The number of carbonyl (C=O) groups excluding carboxylic acids is 2. The summed E-state index contributed by atoms with van der Waals surface area (Å²) in [5.41, 5.74) is 4.25. The van der Waals surface area contributed by atoms with Crippen molar-refractivity contribution in [3.8, 4) is 46.0 Å². The SMILES string of the molecule is COc1ccc(O)c(CN(C(C)=O)c2cc(F)ccc2Oc2ccccc2)c1.COc1ccc(OCCOS(=O)(=O)c2ccc(C)cc2)c(CN(C(C)=O)c2cc(F)ccc2Oc2ccccc2)c1.Cc1ccc(S(=O)(=O)OCCOS(=O)(=O)c2ccc(C)cc2)cc1. The maximum Gasteiger partial charge on any atom is 0.297 e. The number of nitrogens with zero attached hydrogens (tertiary/aromatic N) is 2. The van der Waals surface area contributed by atoms with Crippen LogP contribution in [0.3, 0.4) is 0 Å². The molecule has 2 amide bonds. The van der Waals surface area contributed by atoms with Crippen molar-refractivity contribution in [1.29, 1.82) is 0 Å². The van der Waals surface area contributed by atoms with Crippen LogP contribution >= 0.6 is 0 Å². The second-order valence-corrected chi connectivity index (χ2v) is 25.2. The number of phenolic OH excluding ortho intramolecular Hbond substituents is 1. The molecule has 24 heteroatoms. The molecule has 0 unspecified atom stereocenters. The normalized spacial score (nSPS) is 11.2. The zero-order valence-corrected chi connectivity index (χ0v) is 54.2. The summed E-state index contributed by atoms with van der Waals surface area (Å²) in [6.07, 6.45) is 0. The fourth-order valence-electron chi connectivity index (χ4n) is 8.54. The number of ether oxygens (including phenoxy) is 5. The van der Waals surface area contributed by atoms with Crippen LogP contribution in [-0.4, -0.2) is 82.8 Å². The van der Waals surface area contributed by atoms with E-state index < -0.39 is 55.2 Å². The fraction of sp³-hybridized carbons (Fsp3) is 0.188. The molecular weight excluding hydrogens is 1260 g/mol. The largest absolute Gasteiger partial charge is 0.508 e. The van der Waals surface area contributed by atoms with Crippen molar-refractivity contribution in [2.24, 2.45) is 0 Å². The van der Waals surface area contributed by atoms with Gasteiger partial charge in [-0.3, -0.25) is 22.1 Å². The quantitative estimate of drug-likeness (QED) is 0.0413. The lowest BCUT2D eigenvalue weighted by molar-refractivity contribution is -0.117. The molecule has 9 rings (SSSR count). The molecule has 0 aliphatic carbocycles. The third-order valence-electron chi connectivity index (χ3n) is 13.4. The highest BCUT2D eigenvalue weighted by Gasteiger charge is 2.24. The van der Waals surface area contributed by atoms with Crippen LogP contribution in [-0.2, 0) is 65.6 Å². The molecule has 0 aliphatic rings. The standard InChI is InChI=1S/C31H30FNO7S.C22H20FNO4.C16H18O6S2/c1-22-9-13-28(14-10-22)41(35,36)39-18-17-38-30-16-12-27(37-3)19-24(30)21-33(23(2)34)29-20-25(32)11-15-31(29)40-26-7-5-4-6-8-26;1-15(25)24(14-16-12-19(27-2)9-10-21(16)26)20-13-17(23)8-11-22(20)28-18-6-4-3-5-7-18;1-13-3-7-15(8-4-13)23(17,18)21-11-12-22-24(19,20)16-9-5-14(2)6-10-16/h4-16,19-20H,17-18,21H2,1-3H3;3-13,26H,14H2,1-2H3;3-10H,11-12H2,1-2H3. The van der Waals surface area contributed by atoms with Crippen LogP contribution in [0.1, 0.15) is 41.7 Å². The van der Waals surface area contributed by atoms with E-state index in [1.165, 1.54) is 117 Å². The number of amides is 2. The van der Waals surface area contributed by atoms with Crippen molar-refractivity contribution >= 4 is 53.5 Å². The van der Waals surface area contributed by atoms with Crippen LogP contribution < -0.4 is 33.5 Å². The van der Waals surface area contributed by atoms with Crippen LogP contribution in [0.25, 0.3) is 0 Å². The summed E-state index contributed by atoms with van der Waals surface area (Å²) in [5, 5.41) is 10.2. The molecule has 0 aliphatic heterocycles. The smallest absolute Gasteiger partial charge is 0.297 e. The lowest BCUT2D eigenvalue weighted by Gasteiger charge is -2.25.